The molecule has 0 aliphatic heterocycles. The first-order chi connectivity index (χ1) is 11.4. The molecule has 0 fully saturated rings. The van der Waals surface area contributed by atoms with Gasteiger partial charge >= 0.3 is 5.97 Å². The molecule has 1 N–H and O–H groups in total. The van der Waals surface area contributed by atoms with Crippen molar-refractivity contribution in [3.63, 3.8) is 0 Å². The van der Waals surface area contributed by atoms with Crippen molar-refractivity contribution in [3.8, 4) is 0 Å². The SMILES string of the molecule is CCCCCC[C@H](C)NC(=O)COC(=O)c1ccc([N+](=O)[O-])cc1. The van der Waals surface area contributed by atoms with E-state index in [0.717, 1.165) is 19.3 Å². The van der Waals surface area contributed by atoms with Crippen molar-refractivity contribution in [1.29, 1.82) is 0 Å². The molecule has 0 unspecified atom stereocenters. The maximum atomic E-state index is 11.8. The highest BCUT2D eigenvalue weighted by atomic mass is 16.6. The highest BCUT2D eigenvalue weighted by Crippen LogP contribution is 2.12. The van der Waals surface area contributed by atoms with Gasteiger partial charge in [0.1, 0.15) is 0 Å². The third-order valence-corrected chi connectivity index (χ3v) is 3.55. The fourth-order valence-corrected chi connectivity index (χ4v) is 2.20. The molecule has 0 spiro atoms. The van der Waals surface area contributed by atoms with Gasteiger partial charge in [-0.25, -0.2) is 4.79 Å². The average molecular weight is 336 g/mol. The number of non-ortho nitro benzene ring substituents is 1. The third kappa shape index (κ3) is 7.21. The molecule has 1 aromatic rings. The summed E-state index contributed by atoms with van der Waals surface area (Å²) in [6.07, 6.45) is 5.44. The van der Waals surface area contributed by atoms with Crippen LogP contribution in [0.5, 0.6) is 0 Å². The van der Waals surface area contributed by atoms with E-state index in [4.69, 9.17) is 4.74 Å². The van der Waals surface area contributed by atoms with Crippen molar-refractivity contribution in [2.75, 3.05) is 6.61 Å². The number of nitro benzene ring substituents is 1. The van der Waals surface area contributed by atoms with Crippen LogP contribution in [-0.2, 0) is 9.53 Å². The van der Waals surface area contributed by atoms with Gasteiger partial charge < -0.3 is 10.1 Å². The lowest BCUT2D eigenvalue weighted by Crippen LogP contribution is -2.35. The van der Waals surface area contributed by atoms with E-state index in [1.54, 1.807) is 0 Å². The van der Waals surface area contributed by atoms with Crippen LogP contribution in [0.15, 0.2) is 24.3 Å². The summed E-state index contributed by atoms with van der Waals surface area (Å²) in [5, 5.41) is 13.3. The van der Waals surface area contributed by atoms with Crippen LogP contribution in [0.25, 0.3) is 0 Å². The van der Waals surface area contributed by atoms with Crippen molar-refractivity contribution in [2.45, 2.75) is 52.0 Å². The normalized spacial score (nSPS) is 11.6. The first kappa shape index (κ1) is 19.6. The standard InChI is InChI=1S/C17H24N2O5/c1-3-4-5-6-7-13(2)18-16(20)12-24-17(21)14-8-10-15(11-9-14)19(22)23/h8-11,13H,3-7,12H2,1-2H3,(H,18,20)/t13-/m0/s1. The van der Waals surface area contributed by atoms with Gasteiger partial charge in [0.25, 0.3) is 11.6 Å². The fraction of sp³-hybridized carbons (Fsp3) is 0.529. The number of rotatable bonds is 10. The number of hydrogen-bond donors (Lipinski definition) is 1. The fourth-order valence-electron chi connectivity index (χ4n) is 2.20. The predicted molar refractivity (Wildman–Crippen MR) is 89.7 cm³/mol. The van der Waals surface area contributed by atoms with E-state index in [2.05, 4.69) is 12.2 Å². The molecular formula is C17H24N2O5. The maximum Gasteiger partial charge on any atom is 0.338 e. The first-order valence-corrected chi connectivity index (χ1v) is 8.15. The Labute approximate surface area is 141 Å². The van der Waals surface area contributed by atoms with Gasteiger partial charge in [0.15, 0.2) is 6.61 Å². The number of nitrogens with one attached hydrogen (secondary N) is 1. The van der Waals surface area contributed by atoms with Crippen LogP contribution >= 0.6 is 0 Å². The molecule has 7 heteroatoms. The van der Waals surface area contributed by atoms with E-state index in [-0.39, 0.29) is 29.8 Å². The Morgan fingerprint density at radius 2 is 1.88 bits per heavy atom. The van der Waals surface area contributed by atoms with Crippen LogP contribution in [0.1, 0.15) is 56.3 Å². The molecule has 0 aromatic heterocycles. The predicted octanol–water partition coefficient (Wildman–Crippen LogP) is 3.23. The molecule has 0 saturated carbocycles. The number of carbonyl (C=O) groups is 2. The second-order valence-electron chi connectivity index (χ2n) is 5.70. The Bertz CT molecular complexity index is 557. The lowest BCUT2D eigenvalue weighted by molar-refractivity contribution is -0.384. The third-order valence-electron chi connectivity index (χ3n) is 3.55. The number of ether oxygens (including phenoxy) is 1. The van der Waals surface area contributed by atoms with E-state index in [9.17, 15) is 19.7 Å². The van der Waals surface area contributed by atoms with Crippen molar-refractivity contribution in [1.82, 2.24) is 5.32 Å². The van der Waals surface area contributed by atoms with Crippen LogP contribution in [0.2, 0.25) is 0 Å². The number of esters is 1. The quantitative estimate of drug-likeness (QED) is 0.306. The summed E-state index contributed by atoms with van der Waals surface area (Å²) in [6.45, 7) is 3.70. The van der Waals surface area contributed by atoms with Gasteiger partial charge in [-0.05, 0) is 25.5 Å². The summed E-state index contributed by atoms with van der Waals surface area (Å²) in [5.74, 6) is -1.04. The molecule has 7 nitrogen and oxygen atoms in total. The highest BCUT2D eigenvalue weighted by molar-refractivity contribution is 5.91. The van der Waals surface area contributed by atoms with Gasteiger partial charge in [-0.1, -0.05) is 32.6 Å². The molecule has 1 aromatic carbocycles. The summed E-state index contributed by atoms with van der Waals surface area (Å²) < 4.78 is 4.91. The Kier molecular flexibility index (Phi) is 8.46. The molecule has 0 aliphatic rings. The monoisotopic (exact) mass is 336 g/mol. The van der Waals surface area contributed by atoms with E-state index in [1.165, 1.54) is 37.1 Å². The second kappa shape index (κ2) is 10.4. The smallest absolute Gasteiger partial charge is 0.338 e. The Morgan fingerprint density at radius 3 is 2.46 bits per heavy atom. The molecule has 24 heavy (non-hydrogen) atoms. The van der Waals surface area contributed by atoms with E-state index < -0.39 is 10.9 Å². The summed E-state index contributed by atoms with van der Waals surface area (Å²) >= 11 is 0. The number of amides is 1. The minimum atomic E-state index is -0.685. The summed E-state index contributed by atoms with van der Waals surface area (Å²) in [5.41, 5.74) is 0.0576. The largest absolute Gasteiger partial charge is 0.452 e. The van der Waals surface area contributed by atoms with Crippen molar-refractivity contribution in [3.05, 3.63) is 39.9 Å². The minimum Gasteiger partial charge on any atom is -0.452 e. The summed E-state index contributed by atoms with van der Waals surface area (Å²) in [4.78, 5) is 33.5. The molecule has 0 radical (unpaired) electrons. The summed E-state index contributed by atoms with van der Waals surface area (Å²) in [7, 11) is 0. The van der Waals surface area contributed by atoms with Crippen LogP contribution < -0.4 is 5.32 Å². The van der Waals surface area contributed by atoms with Crippen molar-refractivity contribution < 1.29 is 19.2 Å². The van der Waals surface area contributed by atoms with Gasteiger partial charge in [0.05, 0.1) is 10.5 Å². The lowest BCUT2D eigenvalue weighted by atomic mass is 10.1. The molecule has 132 valence electrons. The van der Waals surface area contributed by atoms with E-state index >= 15 is 0 Å². The van der Waals surface area contributed by atoms with Crippen molar-refractivity contribution in [2.24, 2.45) is 0 Å². The first-order valence-electron chi connectivity index (χ1n) is 8.15. The summed E-state index contributed by atoms with van der Waals surface area (Å²) in [6, 6.07) is 5.07. The zero-order valence-corrected chi connectivity index (χ0v) is 14.1. The van der Waals surface area contributed by atoms with Gasteiger partial charge in [0, 0.05) is 18.2 Å². The number of carbonyl (C=O) groups excluding carboxylic acids is 2. The number of benzene rings is 1. The Hall–Kier alpha value is -2.44. The molecule has 1 amide bonds. The molecule has 1 atom stereocenters. The van der Waals surface area contributed by atoms with Gasteiger partial charge in [0.2, 0.25) is 0 Å². The number of hydrogen-bond acceptors (Lipinski definition) is 5. The highest BCUT2D eigenvalue weighted by Gasteiger charge is 2.13. The van der Waals surface area contributed by atoms with E-state index in [0.29, 0.717) is 0 Å². The van der Waals surface area contributed by atoms with Crippen LogP contribution in [-0.4, -0.2) is 29.4 Å². The van der Waals surface area contributed by atoms with Gasteiger partial charge in [-0.2, -0.15) is 0 Å². The van der Waals surface area contributed by atoms with Gasteiger partial charge in [-0.15, -0.1) is 0 Å². The Morgan fingerprint density at radius 1 is 1.21 bits per heavy atom. The number of unbranched alkanes of at least 4 members (excludes halogenated alkanes) is 3. The zero-order chi connectivity index (χ0) is 17.9. The lowest BCUT2D eigenvalue weighted by Gasteiger charge is -2.13. The van der Waals surface area contributed by atoms with Crippen molar-refractivity contribution >= 4 is 17.6 Å². The maximum absolute atomic E-state index is 11.8. The van der Waals surface area contributed by atoms with Crippen LogP contribution in [0.3, 0.4) is 0 Å². The zero-order valence-electron chi connectivity index (χ0n) is 14.1. The van der Waals surface area contributed by atoms with Crippen LogP contribution in [0, 0.1) is 10.1 Å². The molecule has 1 rings (SSSR count). The van der Waals surface area contributed by atoms with Crippen LogP contribution in [0.4, 0.5) is 5.69 Å². The molecule has 0 heterocycles. The molecule has 0 saturated heterocycles. The molecular weight excluding hydrogens is 312 g/mol. The molecule has 0 bridgehead atoms. The Balaban J connectivity index is 2.32. The van der Waals surface area contributed by atoms with Gasteiger partial charge in [-0.3, -0.25) is 14.9 Å². The molecule has 0 aliphatic carbocycles. The van der Waals surface area contributed by atoms with E-state index in [1.807, 2.05) is 6.92 Å². The number of nitrogens with zero attached hydrogens (tertiary/aromatic N) is 1. The topological polar surface area (TPSA) is 98.5 Å². The average Bonchev–Trinajstić information content (AvgIpc) is 2.56. The minimum absolute atomic E-state index is 0.0347. The second-order valence-corrected chi connectivity index (χ2v) is 5.70. The number of nitro groups is 1.